The second-order valence-corrected chi connectivity index (χ2v) is 6.20. The normalized spacial score (nSPS) is 14.8. The molecule has 1 aliphatic rings. The quantitative estimate of drug-likeness (QED) is 0.613. The molecule has 0 bridgehead atoms. The lowest BCUT2D eigenvalue weighted by Gasteiger charge is -2.27. The molecule has 3 aromatic heterocycles. The topological polar surface area (TPSA) is 80.1 Å². The minimum Gasteiger partial charge on any atom is -0.378 e. The van der Waals surface area contributed by atoms with Gasteiger partial charge in [0.1, 0.15) is 17.2 Å². The Morgan fingerprint density at radius 1 is 1.04 bits per heavy atom. The van der Waals surface area contributed by atoms with Gasteiger partial charge in [-0.25, -0.2) is 4.98 Å². The van der Waals surface area contributed by atoms with Crippen LogP contribution >= 0.6 is 0 Å². The summed E-state index contributed by atoms with van der Waals surface area (Å²) in [4.78, 5) is 6.79. The second kappa shape index (κ2) is 6.27. The molecule has 1 N–H and O–H groups in total. The lowest BCUT2D eigenvalue weighted by Crippen LogP contribution is -2.36. The molecule has 1 aromatic carbocycles. The van der Waals surface area contributed by atoms with Gasteiger partial charge in [-0.2, -0.15) is 5.10 Å². The van der Waals surface area contributed by atoms with E-state index >= 15 is 0 Å². The van der Waals surface area contributed by atoms with Crippen LogP contribution in [0.25, 0.3) is 33.6 Å². The van der Waals surface area contributed by atoms with Gasteiger partial charge in [-0.05, 0) is 18.2 Å². The van der Waals surface area contributed by atoms with E-state index in [1.165, 1.54) is 0 Å². The van der Waals surface area contributed by atoms with Crippen molar-refractivity contribution < 1.29 is 9.26 Å². The van der Waals surface area contributed by atoms with Gasteiger partial charge in [0.2, 0.25) is 0 Å². The van der Waals surface area contributed by atoms with Crippen molar-refractivity contribution in [3.8, 4) is 22.7 Å². The highest BCUT2D eigenvalue weighted by Crippen LogP contribution is 2.29. The van der Waals surface area contributed by atoms with E-state index in [1.807, 2.05) is 48.7 Å². The first kappa shape index (κ1) is 15.1. The molecular formula is C19H17N5O2. The van der Waals surface area contributed by atoms with Crippen LogP contribution in [0.1, 0.15) is 0 Å². The molecule has 4 heterocycles. The van der Waals surface area contributed by atoms with Gasteiger partial charge in [-0.3, -0.25) is 5.10 Å². The molecule has 130 valence electrons. The standard InChI is InChI=1S/C19H17N5O2/c1-2-4-15-14(3-1)19(22-21-15)17-11-16(23-26-17)13-5-6-18(20-12-13)24-7-9-25-10-8-24/h1-6,11-12H,7-10H2,(H,21,22). The number of nitrogens with zero attached hydrogens (tertiary/aromatic N) is 4. The summed E-state index contributed by atoms with van der Waals surface area (Å²) in [5.74, 6) is 1.59. The number of ether oxygens (including phenoxy) is 1. The van der Waals surface area contributed by atoms with Crippen LogP contribution in [0.2, 0.25) is 0 Å². The summed E-state index contributed by atoms with van der Waals surface area (Å²) in [6, 6.07) is 13.9. The Bertz CT molecular complexity index is 1030. The van der Waals surface area contributed by atoms with Crippen LogP contribution < -0.4 is 4.90 Å². The Hall–Kier alpha value is -3.19. The molecule has 0 radical (unpaired) electrons. The predicted octanol–water partition coefficient (Wildman–Crippen LogP) is 3.12. The molecule has 7 heteroatoms. The average Bonchev–Trinajstić information content (AvgIpc) is 3.36. The van der Waals surface area contributed by atoms with Gasteiger partial charge >= 0.3 is 0 Å². The molecule has 1 aliphatic heterocycles. The van der Waals surface area contributed by atoms with Crippen LogP contribution in [-0.4, -0.2) is 46.6 Å². The van der Waals surface area contributed by atoms with Crippen molar-refractivity contribution in [2.75, 3.05) is 31.2 Å². The third-order valence-corrected chi connectivity index (χ3v) is 4.59. The molecule has 0 spiro atoms. The SMILES string of the molecule is c1ccc2c(-c3cc(-c4ccc(N5CCOCC5)nc4)no3)n[nH]c2c1. The van der Waals surface area contributed by atoms with E-state index in [2.05, 4.69) is 25.2 Å². The number of morpholine rings is 1. The number of fused-ring (bicyclic) bond motifs is 1. The Labute approximate surface area is 149 Å². The van der Waals surface area contributed by atoms with Crippen molar-refractivity contribution in [3.63, 3.8) is 0 Å². The number of nitrogens with one attached hydrogen (secondary N) is 1. The van der Waals surface area contributed by atoms with Gasteiger partial charge in [0.25, 0.3) is 0 Å². The minimum absolute atomic E-state index is 0.634. The van der Waals surface area contributed by atoms with E-state index in [1.54, 1.807) is 0 Å². The van der Waals surface area contributed by atoms with Gasteiger partial charge in [0.05, 0.1) is 18.7 Å². The van der Waals surface area contributed by atoms with Gasteiger partial charge in [-0.15, -0.1) is 0 Å². The molecule has 1 fully saturated rings. The van der Waals surface area contributed by atoms with Gasteiger partial charge in [-0.1, -0.05) is 23.4 Å². The fourth-order valence-corrected chi connectivity index (χ4v) is 3.19. The number of rotatable bonds is 3. The number of hydrogen-bond acceptors (Lipinski definition) is 6. The Balaban J connectivity index is 1.43. The third kappa shape index (κ3) is 2.62. The maximum atomic E-state index is 5.53. The lowest BCUT2D eigenvalue weighted by molar-refractivity contribution is 0.122. The molecule has 0 saturated carbocycles. The first-order chi connectivity index (χ1) is 12.9. The second-order valence-electron chi connectivity index (χ2n) is 6.20. The van der Waals surface area contributed by atoms with Crippen molar-refractivity contribution >= 4 is 16.7 Å². The highest BCUT2D eigenvalue weighted by atomic mass is 16.5. The minimum atomic E-state index is 0.634. The van der Waals surface area contributed by atoms with Gasteiger partial charge in [0.15, 0.2) is 5.76 Å². The van der Waals surface area contributed by atoms with Crippen LogP contribution in [-0.2, 0) is 4.74 Å². The number of aromatic amines is 1. The number of hydrogen-bond donors (Lipinski definition) is 1. The Morgan fingerprint density at radius 2 is 1.92 bits per heavy atom. The van der Waals surface area contributed by atoms with Crippen molar-refractivity contribution in [1.82, 2.24) is 20.3 Å². The summed E-state index contributed by atoms with van der Waals surface area (Å²) in [5, 5.41) is 12.6. The van der Waals surface area contributed by atoms with E-state index in [4.69, 9.17) is 9.26 Å². The predicted molar refractivity (Wildman–Crippen MR) is 97.9 cm³/mol. The zero-order chi connectivity index (χ0) is 17.3. The van der Waals surface area contributed by atoms with E-state index in [9.17, 15) is 0 Å². The summed E-state index contributed by atoms with van der Waals surface area (Å²) in [6.07, 6.45) is 1.83. The van der Waals surface area contributed by atoms with Crippen LogP contribution in [0.4, 0.5) is 5.82 Å². The molecule has 4 aromatic rings. The van der Waals surface area contributed by atoms with Gasteiger partial charge < -0.3 is 14.2 Å². The largest absolute Gasteiger partial charge is 0.378 e. The molecule has 7 nitrogen and oxygen atoms in total. The van der Waals surface area contributed by atoms with Gasteiger partial charge in [0, 0.05) is 36.3 Å². The molecule has 0 aliphatic carbocycles. The van der Waals surface area contributed by atoms with E-state index < -0.39 is 0 Å². The number of benzene rings is 1. The van der Waals surface area contributed by atoms with E-state index in [0.717, 1.165) is 60.0 Å². The van der Waals surface area contributed by atoms with Crippen molar-refractivity contribution in [2.24, 2.45) is 0 Å². The Kier molecular flexibility index (Phi) is 3.64. The molecule has 0 amide bonds. The molecule has 0 atom stereocenters. The summed E-state index contributed by atoms with van der Waals surface area (Å²) in [6.45, 7) is 3.22. The highest BCUT2D eigenvalue weighted by molar-refractivity contribution is 5.91. The van der Waals surface area contributed by atoms with Crippen LogP contribution in [0.3, 0.4) is 0 Å². The lowest BCUT2D eigenvalue weighted by atomic mass is 10.1. The first-order valence-electron chi connectivity index (χ1n) is 8.58. The number of pyridine rings is 1. The van der Waals surface area contributed by atoms with Crippen LogP contribution in [0.15, 0.2) is 53.2 Å². The summed E-state index contributed by atoms with van der Waals surface area (Å²) in [5.41, 5.74) is 3.39. The van der Waals surface area contributed by atoms with E-state index in [0.29, 0.717) is 5.76 Å². The Morgan fingerprint density at radius 3 is 2.77 bits per heavy atom. The molecule has 1 saturated heterocycles. The van der Waals surface area contributed by atoms with Crippen molar-refractivity contribution in [1.29, 1.82) is 0 Å². The zero-order valence-electron chi connectivity index (χ0n) is 14.1. The monoisotopic (exact) mass is 347 g/mol. The molecule has 0 unspecified atom stereocenters. The third-order valence-electron chi connectivity index (χ3n) is 4.59. The number of para-hydroxylation sites is 1. The maximum Gasteiger partial charge on any atom is 0.188 e. The fraction of sp³-hybridized carbons (Fsp3) is 0.211. The zero-order valence-corrected chi connectivity index (χ0v) is 14.1. The molecular weight excluding hydrogens is 330 g/mol. The summed E-state index contributed by atoms with van der Waals surface area (Å²) >= 11 is 0. The summed E-state index contributed by atoms with van der Waals surface area (Å²) < 4.78 is 10.9. The number of H-pyrrole nitrogens is 1. The van der Waals surface area contributed by atoms with Crippen molar-refractivity contribution in [3.05, 3.63) is 48.7 Å². The highest BCUT2D eigenvalue weighted by Gasteiger charge is 2.16. The fourth-order valence-electron chi connectivity index (χ4n) is 3.19. The molecule has 26 heavy (non-hydrogen) atoms. The van der Waals surface area contributed by atoms with Crippen molar-refractivity contribution in [2.45, 2.75) is 0 Å². The number of aromatic nitrogens is 4. The number of anilines is 1. The first-order valence-corrected chi connectivity index (χ1v) is 8.58. The summed E-state index contributed by atoms with van der Waals surface area (Å²) in [7, 11) is 0. The maximum absolute atomic E-state index is 5.53. The smallest absolute Gasteiger partial charge is 0.188 e. The van der Waals surface area contributed by atoms with Crippen LogP contribution in [0.5, 0.6) is 0 Å². The molecule has 5 rings (SSSR count). The van der Waals surface area contributed by atoms with Crippen LogP contribution in [0, 0.1) is 0 Å². The van der Waals surface area contributed by atoms with E-state index in [-0.39, 0.29) is 0 Å². The average molecular weight is 347 g/mol.